The van der Waals surface area contributed by atoms with E-state index in [1.54, 1.807) is 48.3 Å². The molecule has 2 aliphatic rings. The predicted octanol–water partition coefficient (Wildman–Crippen LogP) is 9.90. The molecule has 10 nitrogen and oxygen atoms in total. The lowest BCUT2D eigenvalue weighted by Crippen LogP contribution is -2.55. The Morgan fingerprint density at radius 1 is 0.873 bits per heavy atom. The molecule has 2 N–H and O–H groups in total. The molecule has 0 saturated carbocycles. The second kappa shape index (κ2) is 18.8. The molecular weight excluding hydrogens is 835 g/mol. The number of carbonyl (C=O) groups excluding carboxylic acids is 2. The van der Waals surface area contributed by atoms with Gasteiger partial charge in [0.05, 0.1) is 33.4 Å². The van der Waals surface area contributed by atoms with Gasteiger partial charge in [-0.1, -0.05) is 115 Å². The number of hydrogen-bond acceptors (Lipinski definition) is 7. The van der Waals surface area contributed by atoms with Crippen molar-refractivity contribution < 1.29 is 29.0 Å². The largest absolute Gasteiger partial charge is 0.489 e. The SMILES string of the molecule is CCC(c1ccccc1)N1Cc2cc3c(cc2CC1C(=O)N[C@@H](Cc1ccc(-c2ccc(C#N)cc2)cc1)C(=O)O)N(C)C(=O)[C@H](c1ccc(OCc2ccc(Cl)c(Cl)c2)cc1)O3. The summed E-state index contributed by atoms with van der Waals surface area (Å²) in [5.41, 5.74) is 8.18. The minimum absolute atomic E-state index is 0.0846. The first-order valence-corrected chi connectivity index (χ1v) is 21.4. The van der Waals surface area contributed by atoms with Crippen LogP contribution in [0.4, 0.5) is 5.69 Å². The lowest BCUT2D eigenvalue weighted by Gasteiger charge is -2.42. The van der Waals surface area contributed by atoms with Gasteiger partial charge in [0.15, 0.2) is 0 Å². The summed E-state index contributed by atoms with van der Waals surface area (Å²) < 4.78 is 12.5. The van der Waals surface area contributed by atoms with E-state index in [0.717, 1.165) is 38.9 Å². The normalized spacial score (nSPS) is 16.7. The standard InChI is InChI=1S/C51H44Cl2N4O6/c1-3-44(36-7-5-4-6-8-36)57-29-39-27-47-45(56(2)50(59)48(63-47)37-18-20-40(21-19-37)62-30-33-13-22-41(52)42(53)23-33)25-38(39)26-46(57)49(58)55-43(51(60)61)24-31-9-14-34(15-10-31)35-16-11-32(28-54)12-17-35/h4-23,25,27,43-44,46,48H,3,24,26,29-30H2,1-2H3,(H,55,58)(H,60,61)/t43-,44?,46?,48-/m0/s1. The van der Waals surface area contributed by atoms with Crippen LogP contribution in [0.1, 0.15) is 64.4 Å². The van der Waals surface area contributed by atoms with Gasteiger partial charge in [-0.15, -0.1) is 0 Å². The Labute approximate surface area is 376 Å². The average molecular weight is 880 g/mol. The van der Waals surface area contributed by atoms with Gasteiger partial charge in [-0.05, 0) is 100 Å². The van der Waals surface area contributed by atoms with Crippen LogP contribution in [0.15, 0.2) is 133 Å². The highest BCUT2D eigenvalue weighted by Crippen LogP contribution is 2.43. The number of amides is 2. The predicted molar refractivity (Wildman–Crippen MR) is 243 cm³/mol. The van der Waals surface area contributed by atoms with Gasteiger partial charge < -0.3 is 24.8 Å². The van der Waals surface area contributed by atoms with Gasteiger partial charge in [-0.3, -0.25) is 14.5 Å². The Kier molecular flexibility index (Phi) is 12.8. The van der Waals surface area contributed by atoms with Crippen molar-refractivity contribution in [1.29, 1.82) is 5.26 Å². The maximum absolute atomic E-state index is 14.5. The van der Waals surface area contributed by atoms with Crippen molar-refractivity contribution in [3.05, 3.63) is 182 Å². The number of hydrogen-bond donors (Lipinski definition) is 2. The number of benzene rings is 6. The van der Waals surface area contributed by atoms with Gasteiger partial charge >= 0.3 is 5.97 Å². The summed E-state index contributed by atoms with van der Waals surface area (Å²) in [6.45, 7) is 2.75. The number of carboxylic acids is 1. The number of ether oxygens (including phenoxy) is 2. The van der Waals surface area contributed by atoms with Crippen LogP contribution in [0.3, 0.4) is 0 Å². The molecule has 0 fully saturated rings. The third kappa shape index (κ3) is 9.42. The third-order valence-corrected chi connectivity index (χ3v) is 12.5. The Morgan fingerprint density at radius 2 is 1.56 bits per heavy atom. The first kappa shape index (κ1) is 43.0. The van der Waals surface area contributed by atoms with E-state index in [2.05, 4.69) is 23.2 Å². The van der Waals surface area contributed by atoms with E-state index in [9.17, 15) is 19.5 Å². The Balaban J connectivity index is 1.02. The highest BCUT2D eigenvalue weighted by Gasteiger charge is 2.40. The number of nitrogens with zero attached hydrogens (tertiary/aromatic N) is 3. The van der Waals surface area contributed by atoms with Crippen LogP contribution < -0.4 is 19.7 Å². The zero-order valence-electron chi connectivity index (χ0n) is 34.6. The van der Waals surface area contributed by atoms with E-state index >= 15 is 0 Å². The number of likely N-dealkylation sites (N-methyl/N-ethyl adjacent to an activating group) is 1. The average Bonchev–Trinajstić information content (AvgIpc) is 3.30. The first-order valence-electron chi connectivity index (χ1n) is 20.7. The topological polar surface area (TPSA) is 132 Å². The van der Waals surface area contributed by atoms with Crippen LogP contribution in [-0.4, -0.2) is 46.9 Å². The first-order chi connectivity index (χ1) is 30.5. The quantitative estimate of drug-likeness (QED) is 0.117. The molecule has 2 aliphatic heterocycles. The molecule has 2 amide bonds. The third-order valence-electron chi connectivity index (χ3n) is 11.8. The molecule has 8 rings (SSSR count). The van der Waals surface area contributed by atoms with Crippen molar-refractivity contribution in [2.45, 2.75) is 63.6 Å². The lowest BCUT2D eigenvalue weighted by atomic mass is 9.88. The smallest absolute Gasteiger partial charge is 0.326 e. The molecule has 12 heteroatoms. The van der Waals surface area contributed by atoms with Gasteiger partial charge in [0.1, 0.15) is 24.1 Å². The lowest BCUT2D eigenvalue weighted by molar-refractivity contribution is -0.143. The molecule has 0 spiro atoms. The second-order valence-electron chi connectivity index (χ2n) is 15.8. The molecule has 6 aromatic carbocycles. The summed E-state index contributed by atoms with van der Waals surface area (Å²) in [6.07, 6.45) is 0.181. The minimum atomic E-state index is -1.18. The molecule has 6 aromatic rings. The number of rotatable bonds is 13. The molecule has 4 atom stereocenters. The van der Waals surface area contributed by atoms with E-state index in [-0.39, 0.29) is 30.9 Å². The highest BCUT2D eigenvalue weighted by atomic mass is 35.5. The monoisotopic (exact) mass is 878 g/mol. The van der Waals surface area contributed by atoms with E-state index in [0.29, 0.717) is 57.7 Å². The van der Waals surface area contributed by atoms with Crippen LogP contribution in [0.25, 0.3) is 11.1 Å². The van der Waals surface area contributed by atoms with Crippen LogP contribution in [0.2, 0.25) is 10.0 Å². The van der Waals surface area contributed by atoms with Gasteiger partial charge in [-0.2, -0.15) is 5.26 Å². The summed E-state index contributed by atoms with van der Waals surface area (Å²) >= 11 is 12.2. The number of nitriles is 1. The number of aliphatic carboxylic acids is 1. The van der Waals surface area contributed by atoms with Gasteiger partial charge in [0.2, 0.25) is 12.0 Å². The van der Waals surface area contributed by atoms with E-state index in [4.69, 9.17) is 37.9 Å². The fourth-order valence-electron chi connectivity index (χ4n) is 8.38. The van der Waals surface area contributed by atoms with Gasteiger partial charge in [0, 0.05) is 31.6 Å². The summed E-state index contributed by atoms with van der Waals surface area (Å²) in [5.74, 6) is -0.610. The van der Waals surface area contributed by atoms with E-state index < -0.39 is 24.2 Å². The fourth-order valence-corrected chi connectivity index (χ4v) is 8.70. The van der Waals surface area contributed by atoms with Crippen molar-refractivity contribution in [3.63, 3.8) is 0 Å². The summed E-state index contributed by atoms with van der Waals surface area (Å²) in [7, 11) is 1.72. The molecule has 2 unspecified atom stereocenters. The molecule has 2 heterocycles. The number of halogens is 2. The molecular formula is C51H44Cl2N4O6. The zero-order chi connectivity index (χ0) is 44.2. The van der Waals surface area contributed by atoms with Gasteiger partial charge in [-0.25, -0.2) is 4.79 Å². The molecule has 0 aliphatic carbocycles. The van der Waals surface area contributed by atoms with Crippen LogP contribution in [-0.2, 0) is 40.4 Å². The highest BCUT2D eigenvalue weighted by molar-refractivity contribution is 6.42. The van der Waals surface area contributed by atoms with Crippen molar-refractivity contribution in [1.82, 2.24) is 10.2 Å². The van der Waals surface area contributed by atoms with E-state index in [1.165, 1.54) is 0 Å². The summed E-state index contributed by atoms with van der Waals surface area (Å²) in [4.78, 5) is 44.8. The van der Waals surface area contributed by atoms with Crippen molar-refractivity contribution in [2.24, 2.45) is 0 Å². The minimum Gasteiger partial charge on any atom is -0.489 e. The maximum Gasteiger partial charge on any atom is 0.326 e. The summed E-state index contributed by atoms with van der Waals surface area (Å²) in [6, 6.07) is 41.3. The van der Waals surface area contributed by atoms with Crippen LogP contribution >= 0.6 is 23.2 Å². The number of carbonyl (C=O) groups is 3. The molecule has 63 heavy (non-hydrogen) atoms. The number of fused-ring (bicyclic) bond motifs is 2. The fraction of sp³-hybridized carbons (Fsp3) is 0.216. The Hall–Kier alpha value is -6.64. The molecule has 0 saturated heterocycles. The molecule has 0 radical (unpaired) electrons. The van der Waals surface area contributed by atoms with Crippen LogP contribution in [0, 0.1) is 11.3 Å². The van der Waals surface area contributed by atoms with Crippen molar-refractivity contribution in [3.8, 4) is 28.7 Å². The van der Waals surface area contributed by atoms with Crippen molar-refractivity contribution in [2.75, 3.05) is 11.9 Å². The summed E-state index contributed by atoms with van der Waals surface area (Å²) in [5, 5.41) is 23.4. The van der Waals surface area contributed by atoms with Gasteiger partial charge in [0.25, 0.3) is 5.91 Å². The number of carboxylic acid groups (broad SMARTS) is 1. The number of anilines is 1. The Bertz CT molecular complexity index is 2690. The van der Waals surface area contributed by atoms with E-state index in [1.807, 2.05) is 97.1 Å². The zero-order valence-corrected chi connectivity index (χ0v) is 36.1. The maximum atomic E-state index is 14.5. The van der Waals surface area contributed by atoms with Crippen LogP contribution in [0.5, 0.6) is 11.5 Å². The molecule has 0 bridgehead atoms. The molecule has 0 aromatic heterocycles. The second-order valence-corrected chi connectivity index (χ2v) is 16.6. The number of nitrogens with one attached hydrogen (secondary N) is 1. The Morgan fingerprint density at radius 3 is 2.21 bits per heavy atom. The molecule has 318 valence electrons. The van der Waals surface area contributed by atoms with Crippen molar-refractivity contribution >= 4 is 46.7 Å².